The van der Waals surface area contributed by atoms with Crippen molar-refractivity contribution in [3.8, 4) is 5.88 Å². The molecule has 2 aromatic rings. The molecule has 0 aliphatic carbocycles. The fourth-order valence-electron chi connectivity index (χ4n) is 1.89. The number of aliphatic imine (C=N–C) groups is 1. The SMILES string of the molecule is CCc1cnc(CNC(=NC)NCc2cccnc2OC)s1.I. The first-order valence-corrected chi connectivity index (χ1v) is 7.94. The van der Waals surface area contributed by atoms with Gasteiger partial charge in [0.05, 0.1) is 13.7 Å². The van der Waals surface area contributed by atoms with Crippen molar-refractivity contribution >= 4 is 41.3 Å². The normalized spacial score (nSPS) is 10.8. The van der Waals surface area contributed by atoms with Crippen LogP contribution in [-0.2, 0) is 19.5 Å². The second kappa shape index (κ2) is 10.4. The van der Waals surface area contributed by atoms with Gasteiger partial charge in [-0.05, 0) is 12.5 Å². The van der Waals surface area contributed by atoms with E-state index in [0.717, 1.165) is 23.0 Å². The van der Waals surface area contributed by atoms with Crippen LogP contribution in [-0.4, -0.2) is 30.1 Å². The number of hydrogen-bond acceptors (Lipinski definition) is 5. The Bertz CT molecular complexity index is 632. The number of rotatable bonds is 6. The molecule has 0 bridgehead atoms. The van der Waals surface area contributed by atoms with Crippen LogP contribution in [0.15, 0.2) is 29.5 Å². The summed E-state index contributed by atoms with van der Waals surface area (Å²) in [4.78, 5) is 14.1. The minimum atomic E-state index is 0. The van der Waals surface area contributed by atoms with Crippen LogP contribution < -0.4 is 15.4 Å². The van der Waals surface area contributed by atoms with E-state index in [4.69, 9.17) is 4.74 Å². The highest BCUT2D eigenvalue weighted by molar-refractivity contribution is 14.0. The minimum Gasteiger partial charge on any atom is -0.481 e. The van der Waals surface area contributed by atoms with Crippen LogP contribution in [0.25, 0.3) is 0 Å². The van der Waals surface area contributed by atoms with Gasteiger partial charge in [-0.1, -0.05) is 13.0 Å². The third-order valence-corrected chi connectivity index (χ3v) is 4.21. The average molecular weight is 447 g/mol. The van der Waals surface area contributed by atoms with Crippen LogP contribution in [0.2, 0.25) is 0 Å². The van der Waals surface area contributed by atoms with Gasteiger partial charge in [0.15, 0.2) is 5.96 Å². The number of ether oxygens (including phenoxy) is 1. The lowest BCUT2D eigenvalue weighted by molar-refractivity contribution is 0.392. The maximum atomic E-state index is 5.24. The highest BCUT2D eigenvalue weighted by Gasteiger charge is 2.06. The summed E-state index contributed by atoms with van der Waals surface area (Å²) < 4.78 is 5.24. The summed E-state index contributed by atoms with van der Waals surface area (Å²) >= 11 is 1.72. The molecule has 6 nitrogen and oxygen atoms in total. The predicted molar refractivity (Wildman–Crippen MR) is 105 cm³/mol. The Morgan fingerprint density at radius 3 is 2.74 bits per heavy atom. The number of halogens is 1. The lowest BCUT2D eigenvalue weighted by atomic mass is 10.3. The van der Waals surface area contributed by atoms with Crippen molar-refractivity contribution in [1.82, 2.24) is 20.6 Å². The largest absolute Gasteiger partial charge is 0.481 e. The molecule has 0 unspecified atom stereocenters. The van der Waals surface area contributed by atoms with E-state index in [9.17, 15) is 0 Å². The zero-order valence-electron chi connectivity index (χ0n) is 13.5. The molecule has 0 fully saturated rings. The third kappa shape index (κ3) is 5.94. The third-order valence-electron chi connectivity index (χ3n) is 3.07. The van der Waals surface area contributed by atoms with Gasteiger partial charge in [0, 0.05) is 36.4 Å². The van der Waals surface area contributed by atoms with Crippen molar-refractivity contribution in [2.75, 3.05) is 14.2 Å². The van der Waals surface area contributed by atoms with E-state index in [1.54, 1.807) is 31.7 Å². The number of aromatic nitrogens is 2. The van der Waals surface area contributed by atoms with Crippen LogP contribution in [0, 0.1) is 0 Å². The summed E-state index contributed by atoms with van der Waals surface area (Å²) in [5, 5.41) is 7.56. The van der Waals surface area contributed by atoms with Gasteiger partial charge < -0.3 is 15.4 Å². The molecule has 0 atom stereocenters. The molecule has 0 aliphatic heterocycles. The molecule has 2 heterocycles. The van der Waals surface area contributed by atoms with Crippen molar-refractivity contribution in [2.45, 2.75) is 26.4 Å². The average Bonchev–Trinajstić information content (AvgIpc) is 3.03. The predicted octanol–water partition coefficient (Wildman–Crippen LogP) is 2.59. The number of aryl methyl sites for hydroxylation is 1. The summed E-state index contributed by atoms with van der Waals surface area (Å²) in [6.07, 6.45) is 4.66. The molecule has 0 amide bonds. The van der Waals surface area contributed by atoms with Crippen LogP contribution >= 0.6 is 35.3 Å². The van der Waals surface area contributed by atoms with Crippen molar-refractivity contribution < 1.29 is 4.74 Å². The van der Waals surface area contributed by atoms with Gasteiger partial charge in [-0.25, -0.2) is 9.97 Å². The Labute approximate surface area is 157 Å². The topological polar surface area (TPSA) is 71.4 Å². The quantitative estimate of drug-likeness (QED) is 0.405. The van der Waals surface area contributed by atoms with Crippen molar-refractivity contribution in [2.24, 2.45) is 4.99 Å². The summed E-state index contributed by atoms with van der Waals surface area (Å²) in [6, 6.07) is 3.86. The molecule has 2 rings (SSSR count). The van der Waals surface area contributed by atoms with E-state index in [2.05, 4.69) is 32.5 Å². The molecule has 8 heteroatoms. The number of nitrogens with zero attached hydrogens (tertiary/aromatic N) is 3. The first-order valence-electron chi connectivity index (χ1n) is 7.12. The molecule has 0 radical (unpaired) electrons. The first kappa shape index (κ1) is 19.6. The second-order valence-corrected chi connectivity index (χ2v) is 5.72. The van der Waals surface area contributed by atoms with Gasteiger partial charge in [0.1, 0.15) is 5.01 Å². The molecular weight excluding hydrogens is 425 g/mol. The van der Waals surface area contributed by atoms with E-state index < -0.39 is 0 Å². The fourth-order valence-corrected chi connectivity index (χ4v) is 2.70. The van der Waals surface area contributed by atoms with Gasteiger partial charge in [0.25, 0.3) is 0 Å². The Morgan fingerprint density at radius 1 is 1.30 bits per heavy atom. The lowest BCUT2D eigenvalue weighted by Gasteiger charge is -2.12. The van der Waals surface area contributed by atoms with Gasteiger partial charge in [-0.3, -0.25) is 4.99 Å². The van der Waals surface area contributed by atoms with Crippen molar-refractivity contribution in [3.05, 3.63) is 40.0 Å². The molecule has 2 N–H and O–H groups in total. The van der Waals surface area contributed by atoms with Gasteiger partial charge in [-0.15, -0.1) is 35.3 Å². The Kier molecular flexibility index (Phi) is 8.85. The van der Waals surface area contributed by atoms with E-state index in [1.807, 2.05) is 18.3 Å². The number of nitrogens with one attached hydrogen (secondary N) is 2. The maximum Gasteiger partial charge on any atom is 0.218 e. The molecule has 126 valence electrons. The summed E-state index contributed by atoms with van der Waals surface area (Å²) in [5.74, 6) is 1.34. The monoisotopic (exact) mass is 447 g/mol. The van der Waals surface area contributed by atoms with Crippen LogP contribution in [0.3, 0.4) is 0 Å². The zero-order chi connectivity index (χ0) is 15.8. The maximum absolute atomic E-state index is 5.24. The van der Waals surface area contributed by atoms with Gasteiger partial charge >= 0.3 is 0 Å². The van der Waals surface area contributed by atoms with E-state index in [-0.39, 0.29) is 24.0 Å². The van der Waals surface area contributed by atoms with E-state index in [0.29, 0.717) is 19.0 Å². The molecule has 0 aromatic carbocycles. The number of methoxy groups -OCH3 is 1. The number of guanidine groups is 1. The molecule has 2 aromatic heterocycles. The summed E-state index contributed by atoms with van der Waals surface area (Å²) in [6.45, 7) is 3.38. The highest BCUT2D eigenvalue weighted by atomic mass is 127. The number of thiazole rings is 1. The molecule has 0 aliphatic rings. The smallest absolute Gasteiger partial charge is 0.218 e. The highest BCUT2D eigenvalue weighted by Crippen LogP contribution is 2.13. The standard InChI is InChI=1S/C15H21N5OS.HI/c1-4-12-9-18-13(22-12)10-20-15(16-2)19-8-11-6-5-7-17-14(11)21-3;/h5-7,9H,4,8,10H2,1-3H3,(H2,16,19,20);1H. The van der Waals surface area contributed by atoms with Crippen LogP contribution in [0.5, 0.6) is 5.88 Å². The Balaban J connectivity index is 0.00000264. The van der Waals surface area contributed by atoms with Gasteiger partial charge in [0.2, 0.25) is 5.88 Å². The minimum absolute atomic E-state index is 0. The molecule has 23 heavy (non-hydrogen) atoms. The second-order valence-electron chi connectivity index (χ2n) is 4.52. The molecule has 0 spiro atoms. The van der Waals surface area contributed by atoms with E-state index in [1.165, 1.54) is 4.88 Å². The number of hydrogen-bond donors (Lipinski definition) is 2. The van der Waals surface area contributed by atoms with Crippen LogP contribution in [0.1, 0.15) is 22.4 Å². The van der Waals surface area contributed by atoms with Gasteiger partial charge in [-0.2, -0.15) is 0 Å². The molecule has 0 saturated heterocycles. The Hall–Kier alpha value is -1.42. The zero-order valence-corrected chi connectivity index (χ0v) is 16.6. The van der Waals surface area contributed by atoms with Crippen LogP contribution in [0.4, 0.5) is 0 Å². The van der Waals surface area contributed by atoms with Crippen molar-refractivity contribution in [3.63, 3.8) is 0 Å². The molecule has 0 saturated carbocycles. The van der Waals surface area contributed by atoms with Crippen molar-refractivity contribution in [1.29, 1.82) is 0 Å². The summed E-state index contributed by atoms with van der Waals surface area (Å²) in [7, 11) is 3.36. The van der Waals surface area contributed by atoms with E-state index >= 15 is 0 Å². The fraction of sp³-hybridized carbons (Fsp3) is 0.400. The summed E-state index contributed by atoms with van der Waals surface area (Å²) in [5.41, 5.74) is 0.982. The number of pyridine rings is 1. The molecular formula is C15H22IN5OS. The lowest BCUT2D eigenvalue weighted by Crippen LogP contribution is -2.36. The first-order chi connectivity index (χ1) is 10.8. The Morgan fingerprint density at radius 2 is 2.09 bits per heavy atom.